The Hall–Kier alpha value is -0.380. The summed E-state index contributed by atoms with van der Waals surface area (Å²) >= 11 is 3.56. The van der Waals surface area contributed by atoms with Gasteiger partial charge in [0, 0.05) is 16.3 Å². The van der Waals surface area contributed by atoms with Crippen LogP contribution in [0.5, 0.6) is 0 Å². The van der Waals surface area contributed by atoms with Crippen molar-refractivity contribution in [1.29, 1.82) is 0 Å². The summed E-state index contributed by atoms with van der Waals surface area (Å²) in [7, 11) is 0. The second kappa shape index (κ2) is 5.55. The molecule has 0 heterocycles. The van der Waals surface area contributed by atoms with Crippen LogP contribution < -0.4 is 0 Å². The molecule has 0 aromatic heterocycles. The van der Waals surface area contributed by atoms with E-state index in [1.54, 1.807) is 0 Å². The fourth-order valence-electron chi connectivity index (χ4n) is 3.63. The van der Waals surface area contributed by atoms with E-state index >= 15 is 0 Å². The first-order chi connectivity index (χ1) is 9.22. The largest absolute Gasteiger partial charge is 0.392 e. The van der Waals surface area contributed by atoms with Crippen molar-refractivity contribution in [3.8, 4) is 0 Å². The van der Waals surface area contributed by atoms with Gasteiger partial charge in [0.05, 0.1) is 18.8 Å². The second-order valence-corrected chi connectivity index (χ2v) is 6.79. The van der Waals surface area contributed by atoms with Crippen LogP contribution in [0.1, 0.15) is 44.1 Å². The van der Waals surface area contributed by atoms with Gasteiger partial charge in [0.25, 0.3) is 0 Å². The molecule has 0 saturated heterocycles. The minimum Gasteiger partial charge on any atom is -0.392 e. The Kier molecular flexibility index (Phi) is 3.97. The number of hydrogen-bond donors (Lipinski definition) is 1. The van der Waals surface area contributed by atoms with E-state index in [0.29, 0.717) is 6.61 Å². The van der Waals surface area contributed by atoms with Gasteiger partial charge in [-0.1, -0.05) is 53.4 Å². The second-order valence-electron chi connectivity index (χ2n) is 5.94. The molecular formula is C16H21BrO2. The highest BCUT2D eigenvalue weighted by Crippen LogP contribution is 2.53. The molecule has 104 valence electrons. The summed E-state index contributed by atoms with van der Waals surface area (Å²) in [5, 5.41) is 10.2. The quantitative estimate of drug-likeness (QED) is 0.908. The number of ether oxygens (including phenoxy) is 1. The first kappa shape index (κ1) is 13.6. The van der Waals surface area contributed by atoms with Gasteiger partial charge < -0.3 is 9.84 Å². The molecule has 2 saturated carbocycles. The van der Waals surface area contributed by atoms with E-state index in [-0.39, 0.29) is 17.6 Å². The summed E-state index contributed by atoms with van der Waals surface area (Å²) in [5.74, 6) is 0. The Morgan fingerprint density at radius 1 is 1.21 bits per heavy atom. The van der Waals surface area contributed by atoms with Crippen LogP contribution in [0.4, 0.5) is 0 Å². The van der Waals surface area contributed by atoms with Crippen molar-refractivity contribution in [2.24, 2.45) is 5.41 Å². The highest BCUT2D eigenvalue weighted by Gasteiger charge is 2.55. The number of rotatable bonds is 3. The van der Waals surface area contributed by atoms with Crippen molar-refractivity contribution in [2.45, 2.75) is 57.3 Å². The van der Waals surface area contributed by atoms with E-state index in [1.807, 2.05) is 18.2 Å². The molecule has 2 fully saturated rings. The van der Waals surface area contributed by atoms with Crippen LogP contribution in [0.3, 0.4) is 0 Å². The molecule has 0 aliphatic heterocycles. The highest BCUT2D eigenvalue weighted by atomic mass is 79.9. The summed E-state index contributed by atoms with van der Waals surface area (Å²) in [6, 6.07) is 8.19. The predicted molar refractivity (Wildman–Crippen MR) is 78.9 cm³/mol. The molecule has 1 spiro atoms. The van der Waals surface area contributed by atoms with Gasteiger partial charge in [-0.25, -0.2) is 0 Å². The van der Waals surface area contributed by atoms with Crippen LogP contribution in [0.25, 0.3) is 0 Å². The molecule has 3 rings (SSSR count). The molecule has 2 aliphatic rings. The van der Waals surface area contributed by atoms with E-state index in [1.165, 1.54) is 24.8 Å². The van der Waals surface area contributed by atoms with Gasteiger partial charge in [-0.3, -0.25) is 0 Å². The van der Waals surface area contributed by atoms with Gasteiger partial charge in [-0.2, -0.15) is 0 Å². The Balaban J connectivity index is 1.63. The molecule has 1 aromatic carbocycles. The Morgan fingerprint density at radius 3 is 2.63 bits per heavy atom. The van der Waals surface area contributed by atoms with Crippen LogP contribution in [-0.2, 0) is 11.3 Å². The first-order valence-electron chi connectivity index (χ1n) is 7.25. The third-order valence-electron chi connectivity index (χ3n) is 4.92. The summed E-state index contributed by atoms with van der Waals surface area (Å²) in [6.07, 6.45) is 6.98. The molecule has 0 amide bonds. The van der Waals surface area contributed by atoms with E-state index in [9.17, 15) is 5.11 Å². The first-order valence-corrected chi connectivity index (χ1v) is 8.05. The number of aliphatic hydroxyl groups excluding tert-OH is 1. The lowest BCUT2D eigenvalue weighted by Crippen LogP contribution is -2.58. The lowest BCUT2D eigenvalue weighted by atomic mass is 9.56. The van der Waals surface area contributed by atoms with Gasteiger partial charge in [0.1, 0.15) is 0 Å². The maximum atomic E-state index is 10.2. The van der Waals surface area contributed by atoms with Crippen molar-refractivity contribution in [1.82, 2.24) is 0 Å². The van der Waals surface area contributed by atoms with E-state index in [4.69, 9.17) is 4.74 Å². The van der Waals surface area contributed by atoms with Gasteiger partial charge in [0.15, 0.2) is 0 Å². The monoisotopic (exact) mass is 324 g/mol. The fourth-order valence-corrected chi connectivity index (χ4v) is 4.03. The SMILES string of the molecule is OC1CC(OCc2ccccc2Br)C12CCCCC2. The third-order valence-corrected chi connectivity index (χ3v) is 5.70. The molecule has 2 unspecified atom stereocenters. The lowest BCUT2D eigenvalue weighted by Gasteiger charge is -2.55. The normalized spacial score (nSPS) is 29.2. The van der Waals surface area contributed by atoms with Crippen molar-refractivity contribution >= 4 is 15.9 Å². The number of halogens is 1. The Bertz CT molecular complexity index is 440. The van der Waals surface area contributed by atoms with Crippen molar-refractivity contribution in [3.05, 3.63) is 34.3 Å². The van der Waals surface area contributed by atoms with E-state index < -0.39 is 0 Å². The van der Waals surface area contributed by atoms with Gasteiger partial charge >= 0.3 is 0 Å². The van der Waals surface area contributed by atoms with E-state index in [2.05, 4.69) is 22.0 Å². The van der Waals surface area contributed by atoms with Crippen molar-refractivity contribution in [3.63, 3.8) is 0 Å². The zero-order valence-corrected chi connectivity index (χ0v) is 12.7. The summed E-state index contributed by atoms with van der Waals surface area (Å²) in [5.41, 5.74) is 1.26. The maximum absolute atomic E-state index is 10.2. The summed E-state index contributed by atoms with van der Waals surface area (Å²) in [4.78, 5) is 0. The van der Waals surface area contributed by atoms with E-state index in [0.717, 1.165) is 23.7 Å². The molecule has 2 nitrogen and oxygen atoms in total. The van der Waals surface area contributed by atoms with Crippen LogP contribution in [0, 0.1) is 5.41 Å². The van der Waals surface area contributed by atoms with Gasteiger partial charge in [-0.05, 0) is 24.5 Å². The van der Waals surface area contributed by atoms with Gasteiger partial charge in [0.2, 0.25) is 0 Å². The zero-order valence-electron chi connectivity index (χ0n) is 11.1. The van der Waals surface area contributed by atoms with Crippen LogP contribution in [-0.4, -0.2) is 17.3 Å². The molecule has 0 radical (unpaired) electrons. The number of hydrogen-bond acceptors (Lipinski definition) is 2. The Labute approximate surface area is 123 Å². The summed E-state index contributed by atoms with van der Waals surface area (Å²) < 4.78 is 7.22. The minimum atomic E-state index is -0.142. The number of benzene rings is 1. The molecule has 2 aliphatic carbocycles. The molecule has 19 heavy (non-hydrogen) atoms. The predicted octanol–water partition coefficient (Wildman–Crippen LogP) is 4.05. The zero-order chi connectivity index (χ0) is 13.3. The lowest BCUT2D eigenvalue weighted by molar-refractivity contribution is -0.210. The molecular weight excluding hydrogens is 304 g/mol. The van der Waals surface area contributed by atoms with Gasteiger partial charge in [-0.15, -0.1) is 0 Å². The summed E-state index contributed by atoms with van der Waals surface area (Å²) in [6.45, 7) is 0.639. The standard InChI is InChI=1S/C16H21BrO2/c17-13-7-3-2-6-12(13)11-19-15-10-14(18)16(15)8-4-1-5-9-16/h2-3,6-7,14-15,18H,1,4-5,8-11H2. The van der Waals surface area contributed by atoms with Crippen LogP contribution in [0.2, 0.25) is 0 Å². The average Bonchev–Trinajstić information content (AvgIpc) is 2.46. The molecule has 2 atom stereocenters. The topological polar surface area (TPSA) is 29.5 Å². The molecule has 1 aromatic rings. The van der Waals surface area contributed by atoms with Crippen LogP contribution >= 0.6 is 15.9 Å². The van der Waals surface area contributed by atoms with Crippen molar-refractivity contribution in [2.75, 3.05) is 0 Å². The third kappa shape index (κ3) is 2.48. The van der Waals surface area contributed by atoms with Crippen LogP contribution in [0.15, 0.2) is 28.7 Å². The molecule has 1 N–H and O–H groups in total. The number of aliphatic hydroxyl groups is 1. The van der Waals surface area contributed by atoms with Crippen molar-refractivity contribution < 1.29 is 9.84 Å². The fraction of sp³-hybridized carbons (Fsp3) is 0.625. The highest BCUT2D eigenvalue weighted by molar-refractivity contribution is 9.10. The Morgan fingerprint density at radius 2 is 1.95 bits per heavy atom. The maximum Gasteiger partial charge on any atom is 0.0731 e. The molecule has 0 bridgehead atoms. The molecule has 3 heteroatoms. The average molecular weight is 325 g/mol. The smallest absolute Gasteiger partial charge is 0.0731 e. The minimum absolute atomic E-state index is 0.0690.